The fraction of sp³-hybridized carbons (Fsp3) is 0.538. The van der Waals surface area contributed by atoms with Gasteiger partial charge in [-0.25, -0.2) is 0 Å². The van der Waals surface area contributed by atoms with Gasteiger partial charge in [-0.2, -0.15) is 0 Å². The van der Waals surface area contributed by atoms with Crippen LogP contribution < -0.4 is 10.6 Å². The zero-order valence-corrected chi connectivity index (χ0v) is 9.59. The van der Waals surface area contributed by atoms with Crippen LogP contribution in [0.25, 0.3) is 0 Å². The molecule has 1 aromatic carbocycles. The van der Waals surface area contributed by atoms with Gasteiger partial charge in [-0.15, -0.1) is 0 Å². The quantitative estimate of drug-likeness (QED) is 0.765. The molecule has 0 aromatic heterocycles. The van der Waals surface area contributed by atoms with E-state index in [1.807, 2.05) is 0 Å². The first kappa shape index (κ1) is 10.7. The maximum atomic E-state index is 3.48. The summed E-state index contributed by atoms with van der Waals surface area (Å²) >= 11 is 0. The van der Waals surface area contributed by atoms with Gasteiger partial charge in [0.2, 0.25) is 0 Å². The summed E-state index contributed by atoms with van der Waals surface area (Å²) in [6.07, 6.45) is 1.22. The smallest absolute Gasteiger partial charge is 0.0157 e. The van der Waals surface area contributed by atoms with Gasteiger partial charge >= 0.3 is 0 Å². The number of nitrogens with one attached hydrogen (secondary N) is 2. The Labute approximate surface area is 92.1 Å². The number of piperidine rings is 1. The van der Waals surface area contributed by atoms with Gasteiger partial charge < -0.3 is 10.6 Å². The van der Waals surface area contributed by atoms with E-state index < -0.39 is 0 Å². The molecule has 2 unspecified atom stereocenters. The van der Waals surface area contributed by atoms with Crippen molar-refractivity contribution in [2.75, 3.05) is 20.1 Å². The third-order valence-electron chi connectivity index (χ3n) is 3.32. The molecule has 2 heteroatoms. The van der Waals surface area contributed by atoms with Gasteiger partial charge in [0, 0.05) is 18.5 Å². The minimum absolute atomic E-state index is 0.614. The lowest BCUT2D eigenvalue weighted by Gasteiger charge is -2.32. The van der Waals surface area contributed by atoms with E-state index >= 15 is 0 Å². The lowest BCUT2D eigenvalue weighted by molar-refractivity contribution is 0.360. The SMILES string of the molecule is CNC1CCNCC1c1cccc(C)c1. The summed E-state index contributed by atoms with van der Waals surface area (Å²) in [5, 5.41) is 6.91. The van der Waals surface area contributed by atoms with Gasteiger partial charge in [0.05, 0.1) is 0 Å². The van der Waals surface area contributed by atoms with Crippen molar-refractivity contribution in [1.82, 2.24) is 10.6 Å². The van der Waals surface area contributed by atoms with Gasteiger partial charge in [0.15, 0.2) is 0 Å². The zero-order chi connectivity index (χ0) is 10.7. The van der Waals surface area contributed by atoms with Gasteiger partial charge in [-0.1, -0.05) is 29.8 Å². The van der Waals surface area contributed by atoms with Crippen molar-refractivity contribution in [3.05, 3.63) is 35.4 Å². The van der Waals surface area contributed by atoms with Crippen LogP contribution in [0.1, 0.15) is 23.5 Å². The molecule has 0 bridgehead atoms. The topological polar surface area (TPSA) is 24.1 Å². The molecule has 2 rings (SSSR count). The average molecular weight is 204 g/mol. The lowest BCUT2D eigenvalue weighted by atomic mass is 9.86. The van der Waals surface area contributed by atoms with Crippen molar-refractivity contribution in [3.63, 3.8) is 0 Å². The molecule has 1 aromatic rings. The van der Waals surface area contributed by atoms with Crippen molar-refractivity contribution in [1.29, 1.82) is 0 Å². The van der Waals surface area contributed by atoms with E-state index in [1.165, 1.54) is 17.5 Å². The molecule has 1 saturated heterocycles. The summed E-state index contributed by atoms with van der Waals surface area (Å²) in [5.74, 6) is 0.614. The van der Waals surface area contributed by atoms with E-state index in [2.05, 4.69) is 48.9 Å². The maximum absolute atomic E-state index is 3.48. The second kappa shape index (κ2) is 4.77. The Kier molecular flexibility index (Phi) is 3.39. The molecule has 2 nitrogen and oxygen atoms in total. The second-order valence-corrected chi connectivity index (χ2v) is 4.41. The van der Waals surface area contributed by atoms with E-state index in [-0.39, 0.29) is 0 Å². The minimum Gasteiger partial charge on any atom is -0.316 e. The van der Waals surface area contributed by atoms with E-state index in [1.54, 1.807) is 0 Å². The molecule has 82 valence electrons. The fourth-order valence-corrected chi connectivity index (χ4v) is 2.46. The number of rotatable bonds is 2. The standard InChI is InChI=1S/C13H20N2/c1-10-4-3-5-11(8-10)12-9-15-7-6-13(12)14-2/h3-5,8,12-15H,6-7,9H2,1-2H3. The van der Waals surface area contributed by atoms with Crippen LogP contribution in [0.2, 0.25) is 0 Å². The summed E-state index contributed by atoms with van der Waals surface area (Å²) in [4.78, 5) is 0. The van der Waals surface area contributed by atoms with Gasteiger partial charge in [-0.3, -0.25) is 0 Å². The lowest BCUT2D eigenvalue weighted by Crippen LogP contribution is -2.44. The van der Waals surface area contributed by atoms with E-state index in [0.29, 0.717) is 12.0 Å². The highest BCUT2D eigenvalue weighted by atomic mass is 15.0. The number of hydrogen-bond acceptors (Lipinski definition) is 2. The van der Waals surface area contributed by atoms with Crippen LogP contribution in [0.4, 0.5) is 0 Å². The van der Waals surface area contributed by atoms with E-state index in [0.717, 1.165) is 13.1 Å². The predicted molar refractivity (Wildman–Crippen MR) is 64.3 cm³/mol. The summed E-state index contributed by atoms with van der Waals surface area (Å²) in [7, 11) is 2.07. The summed E-state index contributed by atoms with van der Waals surface area (Å²) < 4.78 is 0. The molecule has 0 spiro atoms. The van der Waals surface area contributed by atoms with Crippen LogP contribution >= 0.6 is 0 Å². The van der Waals surface area contributed by atoms with Crippen molar-refractivity contribution in [2.45, 2.75) is 25.3 Å². The fourth-order valence-electron chi connectivity index (χ4n) is 2.46. The number of likely N-dealkylation sites (N-methyl/N-ethyl adjacent to an activating group) is 1. The van der Waals surface area contributed by atoms with E-state index in [9.17, 15) is 0 Å². The van der Waals surface area contributed by atoms with Crippen molar-refractivity contribution >= 4 is 0 Å². The van der Waals surface area contributed by atoms with Gasteiger partial charge in [0.25, 0.3) is 0 Å². The summed E-state index contributed by atoms with van der Waals surface area (Å²) in [5.41, 5.74) is 2.81. The molecule has 0 saturated carbocycles. The van der Waals surface area contributed by atoms with Crippen LogP contribution in [0.3, 0.4) is 0 Å². The number of aryl methyl sites for hydroxylation is 1. The number of hydrogen-bond donors (Lipinski definition) is 2. The molecular formula is C13H20N2. The average Bonchev–Trinajstić information content (AvgIpc) is 2.29. The third-order valence-corrected chi connectivity index (χ3v) is 3.32. The van der Waals surface area contributed by atoms with E-state index in [4.69, 9.17) is 0 Å². The van der Waals surface area contributed by atoms with Crippen LogP contribution in [0.5, 0.6) is 0 Å². The minimum atomic E-state index is 0.614. The van der Waals surface area contributed by atoms with Crippen molar-refractivity contribution in [2.24, 2.45) is 0 Å². The Morgan fingerprint density at radius 2 is 2.27 bits per heavy atom. The normalized spacial score (nSPS) is 26.5. The molecule has 1 heterocycles. The Bertz CT molecular complexity index is 322. The number of benzene rings is 1. The van der Waals surface area contributed by atoms with Crippen molar-refractivity contribution in [3.8, 4) is 0 Å². The zero-order valence-electron chi connectivity index (χ0n) is 9.59. The monoisotopic (exact) mass is 204 g/mol. The van der Waals surface area contributed by atoms with Crippen LogP contribution in [-0.2, 0) is 0 Å². The first-order valence-corrected chi connectivity index (χ1v) is 5.76. The Balaban J connectivity index is 2.20. The van der Waals surface area contributed by atoms with Gasteiger partial charge in [-0.05, 0) is 32.5 Å². The van der Waals surface area contributed by atoms with Crippen LogP contribution in [-0.4, -0.2) is 26.2 Å². The highest BCUT2D eigenvalue weighted by Crippen LogP contribution is 2.24. The first-order chi connectivity index (χ1) is 7.31. The highest BCUT2D eigenvalue weighted by Gasteiger charge is 2.24. The summed E-state index contributed by atoms with van der Waals surface area (Å²) in [6, 6.07) is 9.49. The maximum Gasteiger partial charge on any atom is 0.0157 e. The molecule has 1 aliphatic rings. The third kappa shape index (κ3) is 2.39. The summed E-state index contributed by atoms with van der Waals surface area (Å²) in [6.45, 7) is 4.39. The second-order valence-electron chi connectivity index (χ2n) is 4.41. The Hall–Kier alpha value is -0.860. The molecule has 2 N–H and O–H groups in total. The molecule has 1 fully saturated rings. The van der Waals surface area contributed by atoms with Crippen LogP contribution in [0.15, 0.2) is 24.3 Å². The molecule has 15 heavy (non-hydrogen) atoms. The molecule has 2 atom stereocenters. The van der Waals surface area contributed by atoms with Gasteiger partial charge in [0.1, 0.15) is 0 Å². The predicted octanol–water partition coefficient (Wildman–Crippen LogP) is 1.66. The molecule has 1 aliphatic heterocycles. The highest BCUT2D eigenvalue weighted by molar-refractivity contribution is 5.27. The Morgan fingerprint density at radius 1 is 1.40 bits per heavy atom. The largest absolute Gasteiger partial charge is 0.316 e. The molecule has 0 radical (unpaired) electrons. The first-order valence-electron chi connectivity index (χ1n) is 5.76. The molecular weight excluding hydrogens is 184 g/mol. The molecule has 0 aliphatic carbocycles. The molecule has 0 amide bonds. The van der Waals surface area contributed by atoms with Crippen LogP contribution in [0, 0.1) is 6.92 Å². The van der Waals surface area contributed by atoms with Crippen molar-refractivity contribution < 1.29 is 0 Å². The Morgan fingerprint density at radius 3 is 3.00 bits per heavy atom.